The molecule has 170 valence electrons. The maximum atomic E-state index is 13.5. The van der Waals surface area contributed by atoms with Gasteiger partial charge in [-0.15, -0.1) is 10.2 Å². The van der Waals surface area contributed by atoms with E-state index >= 15 is 0 Å². The maximum absolute atomic E-state index is 13.5. The normalized spacial score (nSPS) is 16.2. The number of aryl methyl sites for hydroxylation is 1. The Balaban J connectivity index is 1.44. The Labute approximate surface area is 190 Å². The van der Waals surface area contributed by atoms with Crippen LogP contribution in [0.25, 0.3) is 33.3 Å². The van der Waals surface area contributed by atoms with Crippen LogP contribution in [0.1, 0.15) is 31.4 Å². The molecule has 0 unspecified atom stereocenters. The average Bonchev–Trinajstić information content (AvgIpc) is 3.28. The third-order valence-corrected chi connectivity index (χ3v) is 6.31. The number of benzene rings is 1. The van der Waals surface area contributed by atoms with Gasteiger partial charge in [-0.2, -0.15) is 5.10 Å². The van der Waals surface area contributed by atoms with Crippen LogP contribution in [-0.2, 0) is 6.54 Å². The standard InChI is InChI=1S/C25H25F2N5O/c1-16-3-6-21(20-13-28-32(15-20)14-17-7-9-25(26,27)10-8-17)24(29-16)19-5-4-18-12-23(33-2)31-30-22(18)11-19/h3-6,11-13,15,17H,7-10,14H2,1-2H3. The summed E-state index contributed by atoms with van der Waals surface area (Å²) in [5, 5.41) is 13.8. The molecule has 5 rings (SSSR count). The average molecular weight is 450 g/mol. The summed E-state index contributed by atoms with van der Waals surface area (Å²) < 4.78 is 34.0. The van der Waals surface area contributed by atoms with Gasteiger partial charge < -0.3 is 4.74 Å². The van der Waals surface area contributed by atoms with Crippen LogP contribution in [-0.4, -0.2) is 38.0 Å². The predicted molar refractivity (Wildman–Crippen MR) is 122 cm³/mol. The molecule has 1 aliphatic rings. The van der Waals surface area contributed by atoms with Crippen LogP contribution in [0.5, 0.6) is 5.88 Å². The lowest BCUT2D eigenvalue weighted by atomic mass is 9.87. The first kappa shape index (κ1) is 21.4. The zero-order valence-electron chi connectivity index (χ0n) is 18.6. The van der Waals surface area contributed by atoms with E-state index < -0.39 is 5.92 Å². The zero-order chi connectivity index (χ0) is 23.0. The van der Waals surface area contributed by atoms with E-state index in [2.05, 4.69) is 15.3 Å². The van der Waals surface area contributed by atoms with Crippen molar-refractivity contribution in [2.24, 2.45) is 5.92 Å². The number of nitrogens with zero attached hydrogens (tertiary/aromatic N) is 5. The Hall–Kier alpha value is -3.42. The van der Waals surface area contributed by atoms with Gasteiger partial charge in [-0.25, -0.2) is 8.78 Å². The number of alkyl halides is 2. The van der Waals surface area contributed by atoms with Crippen LogP contribution in [0.2, 0.25) is 0 Å². The number of rotatable bonds is 5. The summed E-state index contributed by atoms with van der Waals surface area (Å²) in [6.07, 6.45) is 4.79. The fraction of sp³-hybridized carbons (Fsp3) is 0.360. The first-order chi connectivity index (χ1) is 15.9. The molecule has 1 aromatic carbocycles. The van der Waals surface area contributed by atoms with E-state index in [1.54, 1.807) is 7.11 Å². The molecule has 3 aromatic heterocycles. The van der Waals surface area contributed by atoms with E-state index in [1.807, 2.05) is 60.4 Å². The van der Waals surface area contributed by atoms with Crippen molar-refractivity contribution in [2.45, 2.75) is 45.1 Å². The summed E-state index contributed by atoms with van der Waals surface area (Å²) in [7, 11) is 1.57. The van der Waals surface area contributed by atoms with E-state index in [4.69, 9.17) is 9.72 Å². The zero-order valence-corrected chi connectivity index (χ0v) is 18.6. The summed E-state index contributed by atoms with van der Waals surface area (Å²) in [5.74, 6) is -1.81. The molecule has 0 bridgehead atoms. The number of ether oxygens (including phenoxy) is 1. The molecule has 0 N–H and O–H groups in total. The molecule has 1 saturated carbocycles. The summed E-state index contributed by atoms with van der Waals surface area (Å²) in [4.78, 5) is 4.81. The number of hydrogen-bond acceptors (Lipinski definition) is 5. The molecule has 8 heteroatoms. The van der Waals surface area contributed by atoms with Crippen LogP contribution in [0, 0.1) is 12.8 Å². The summed E-state index contributed by atoms with van der Waals surface area (Å²) in [6.45, 7) is 2.61. The van der Waals surface area contributed by atoms with Crippen molar-refractivity contribution < 1.29 is 13.5 Å². The van der Waals surface area contributed by atoms with E-state index in [9.17, 15) is 8.78 Å². The van der Waals surface area contributed by atoms with Gasteiger partial charge >= 0.3 is 0 Å². The number of methoxy groups -OCH3 is 1. The summed E-state index contributed by atoms with van der Waals surface area (Å²) >= 11 is 0. The molecule has 6 nitrogen and oxygen atoms in total. The molecule has 33 heavy (non-hydrogen) atoms. The molecule has 0 radical (unpaired) electrons. The lowest BCUT2D eigenvalue weighted by Crippen LogP contribution is -2.26. The van der Waals surface area contributed by atoms with E-state index in [1.165, 1.54) is 0 Å². The van der Waals surface area contributed by atoms with Gasteiger partial charge in [0.25, 0.3) is 0 Å². The van der Waals surface area contributed by atoms with Gasteiger partial charge in [-0.1, -0.05) is 18.2 Å². The highest BCUT2D eigenvalue weighted by Gasteiger charge is 2.35. The second-order valence-corrected chi connectivity index (χ2v) is 8.76. The topological polar surface area (TPSA) is 65.7 Å². The van der Waals surface area contributed by atoms with Crippen molar-refractivity contribution in [1.29, 1.82) is 0 Å². The monoisotopic (exact) mass is 449 g/mol. The Bertz CT molecular complexity index is 1290. The smallest absolute Gasteiger partial charge is 0.248 e. The summed E-state index contributed by atoms with van der Waals surface area (Å²) in [6, 6.07) is 11.8. The van der Waals surface area contributed by atoms with Crippen LogP contribution in [0.4, 0.5) is 8.78 Å². The van der Waals surface area contributed by atoms with E-state index in [0.29, 0.717) is 25.3 Å². The number of fused-ring (bicyclic) bond motifs is 1. The largest absolute Gasteiger partial charge is 0.480 e. The fourth-order valence-electron chi connectivity index (χ4n) is 4.42. The van der Waals surface area contributed by atoms with Gasteiger partial charge in [0.2, 0.25) is 11.8 Å². The van der Waals surface area contributed by atoms with Crippen molar-refractivity contribution in [2.75, 3.05) is 7.11 Å². The molecule has 1 aliphatic carbocycles. The predicted octanol–water partition coefficient (Wildman–Crippen LogP) is 5.70. The highest BCUT2D eigenvalue weighted by atomic mass is 19.3. The Morgan fingerprint density at radius 2 is 1.88 bits per heavy atom. The maximum Gasteiger partial charge on any atom is 0.248 e. The molecule has 0 spiro atoms. The number of hydrogen-bond donors (Lipinski definition) is 0. The number of aromatic nitrogens is 5. The van der Waals surface area contributed by atoms with Crippen molar-refractivity contribution in [3.8, 4) is 28.3 Å². The Morgan fingerprint density at radius 1 is 1.06 bits per heavy atom. The van der Waals surface area contributed by atoms with Crippen molar-refractivity contribution in [3.63, 3.8) is 0 Å². The van der Waals surface area contributed by atoms with Gasteiger partial charge in [-0.05, 0) is 37.8 Å². The van der Waals surface area contributed by atoms with Gasteiger partial charge in [0, 0.05) is 59.4 Å². The van der Waals surface area contributed by atoms with Crippen molar-refractivity contribution in [1.82, 2.24) is 25.0 Å². The minimum absolute atomic E-state index is 0.0332. The second-order valence-electron chi connectivity index (χ2n) is 8.76. The van der Waals surface area contributed by atoms with E-state index in [-0.39, 0.29) is 18.8 Å². The highest BCUT2D eigenvalue weighted by Crippen LogP contribution is 2.37. The third kappa shape index (κ3) is 4.55. The fourth-order valence-corrected chi connectivity index (χ4v) is 4.42. The van der Waals surface area contributed by atoms with Gasteiger partial charge in [0.15, 0.2) is 0 Å². The van der Waals surface area contributed by atoms with Crippen LogP contribution < -0.4 is 4.74 Å². The quantitative estimate of drug-likeness (QED) is 0.391. The Morgan fingerprint density at radius 3 is 2.67 bits per heavy atom. The van der Waals surface area contributed by atoms with Crippen molar-refractivity contribution in [3.05, 3.63) is 54.5 Å². The Kier molecular flexibility index (Phi) is 5.52. The summed E-state index contributed by atoms with van der Waals surface area (Å²) in [5.41, 5.74) is 5.34. The van der Waals surface area contributed by atoms with Gasteiger partial charge in [0.1, 0.15) is 0 Å². The van der Waals surface area contributed by atoms with Crippen LogP contribution in [0.3, 0.4) is 0 Å². The van der Waals surface area contributed by atoms with Gasteiger partial charge in [0.05, 0.1) is 24.5 Å². The third-order valence-electron chi connectivity index (χ3n) is 6.31. The van der Waals surface area contributed by atoms with Crippen LogP contribution >= 0.6 is 0 Å². The first-order valence-corrected chi connectivity index (χ1v) is 11.1. The molecular formula is C25H25F2N5O. The molecule has 4 aromatic rings. The molecule has 0 amide bonds. The lowest BCUT2D eigenvalue weighted by Gasteiger charge is -2.28. The lowest BCUT2D eigenvalue weighted by molar-refractivity contribution is -0.0476. The van der Waals surface area contributed by atoms with Gasteiger partial charge in [-0.3, -0.25) is 9.67 Å². The molecule has 1 fully saturated rings. The molecule has 3 heterocycles. The minimum Gasteiger partial charge on any atom is -0.480 e. The SMILES string of the molecule is COc1cc2ccc(-c3nc(C)ccc3-c3cnn(CC4CCC(F)(F)CC4)c3)cc2nn1. The van der Waals surface area contributed by atoms with Crippen molar-refractivity contribution >= 4 is 10.9 Å². The second kappa shape index (κ2) is 8.50. The molecule has 0 aliphatic heterocycles. The molecular weight excluding hydrogens is 424 g/mol. The number of halogens is 2. The molecule has 0 atom stereocenters. The minimum atomic E-state index is -2.51. The number of pyridine rings is 1. The van der Waals surface area contributed by atoms with E-state index in [0.717, 1.165) is 39.0 Å². The first-order valence-electron chi connectivity index (χ1n) is 11.1. The highest BCUT2D eigenvalue weighted by molar-refractivity contribution is 5.88. The van der Waals surface area contributed by atoms with Crippen LogP contribution in [0.15, 0.2) is 48.8 Å². The molecule has 0 saturated heterocycles.